The van der Waals surface area contributed by atoms with Crippen LogP contribution >= 0.6 is 0 Å². The van der Waals surface area contributed by atoms with Crippen molar-refractivity contribution < 1.29 is 14.3 Å². The molecule has 1 saturated heterocycles. The van der Waals surface area contributed by atoms with E-state index in [1.54, 1.807) is 13.3 Å². The third kappa shape index (κ3) is 6.58. The van der Waals surface area contributed by atoms with E-state index < -0.39 is 0 Å². The summed E-state index contributed by atoms with van der Waals surface area (Å²) in [7, 11) is 1.65. The van der Waals surface area contributed by atoms with Crippen LogP contribution in [-0.2, 0) is 4.79 Å². The van der Waals surface area contributed by atoms with Crippen LogP contribution in [0.15, 0.2) is 79.0 Å². The molecule has 1 aromatic heterocycles. The quantitative estimate of drug-likeness (QED) is 0.453. The summed E-state index contributed by atoms with van der Waals surface area (Å²) in [5.74, 6) is 1.81. The second-order valence-electron chi connectivity index (χ2n) is 8.60. The maximum absolute atomic E-state index is 13.2. The molecule has 0 aliphatic carbocycles. The van der Waals surface area contributed by atoms with Crippen molar-refractivity contribution in [1.29, 1.82) is 0 Å². The Kier molecular flexibility index (Phi) is 8.52. The normalized spacial score (nSPS) is 15.4. The van der Waals surface area contributed by atoms with Crippen LogP contribution in [0.5, 0.6) is 11.5 Å². The number of hydrogen-bond acceptors (Lipinski definition) is 5. The second kappa shape index (κ2) is 12.2. The van der Waals surface area contributed by atoms with E-state index in [-0.39, 0.29) is 17.9 Å². The number of carbonyl (C=O) groups is 1. The number of pyridine rings is 1. The van der Waals surface area contributed by atoms with Gasteiger partial charge in [-0.1, -0.05) is 36.4 Å². The Hall–Kier alpha value is -3.38. The molecule has 1 unspecified atom stereocenters. The zero-order chi connectivity index (χ0) is 23.6. The van der Waals surface area contributed by atoms with E-state index >= 15 is 0 Å². The Morgan fingerprint density at radius 3 is 2.41 bits per heavy atom. The zero-order valence-electron chi connectivity index (χ0n) is 19.7. The molecule has 6 nitrogen and oxygen atoms in total. The van der Waals surface area contributed by atoms with Crippen molar-refractivity contribution in [2.45, 2.75) is 25.3 Å². The molecule has 0 spiro atoms. The highest BCUT2D eigenvalue weighted by Gasteiger charge is 2.27. The number of ether oxygens (including phenoxy) is 2. The summed E-state index contributed by atoms with van der Waals surface area (Å²) in [6.45, 7) is 3.56. The van der Waals surface area contributed by atoms with Gasteiger partial charge in [-0.15, -0.1) is 0 Å². The van der Waals surface area contributed by atoms with Gasteiger partial charge in [-0.3, -0.25) is 9.78 Å². The molecule has 1 aliphatic heterocycles. The number of aromatic nitrogens is 1. The molecule has 1 aliphatic rings. The van der Waals surface area contributed by atoms with Gasteiger partial charge in [0, 0.05) is 18.7 Å². The summed E-state index contributed by atoms with van der Waals surface area (Å²) in [5.41, 5.74) is 1.82. The van der Waals surface area contributed by atoms with Crippen LogP contribution in [0.1, 0.15) is 36.6 Å². The summed E-state index contributed by atoms with van der Waals surface area (Å²) in [5, 5.41) is 3.26. The van der Waals surface area contributed by atoms with Gasteiger partial charge in [-0.05, 0) is 74.3 Å². The SMILES string of the molecule is COc1ccc(C(NC(=O)C2CCN(CCCOc3ccccc3)CC2)c2ccccn2)cc1. The number of nitrogens with zero attached hydrogens (tertiary/aromatic N) is 2. The van der Waals surface area contributed by atoms with E-state index in [9.17, 15) is 4.79 Å². The number of carbonyl (C=O) groups excluding carboxylic acids is 1. The molecule has 1 fully saturated rings. The number of piperidine rings is 1. The average molecular weight is 460 g/mol. The Morgan fingerprint density at radius 1 is 1.00 bits per heavy atom. The lowest BCUT2D eigenvalue weighted by molar-refractivity contribution is -0.127. The monoisotopic (exact) mass is 459 g/mol. The van der Waals surface area contributed by atoms with Crippen molar-refractivity contribution in [3.05, 3.63) is 90.3 Å². The van der Waals surface area contributed by atoms with Crippen molar-refractivity contribution in [3.8, 4) is 11.5 Å². The highest BCUT2D eigenvalue weighted by Crippen LogP contribution is 2.25. The third-order valence-electron chi connectivity index (χ3n) is 6.31. The first-order valence-electron chi connectivity index (χ1n) is 12.0. The third-order valence-corrected chi connectivity index (χ3v) is 6.31. The van der Waals surface area contributed by atoms with Crippen LogP contribution in [0, 0.1) is 5.92 Å². The molecule has 0 bridgehead atoms. The lowest BCUT2D eigenvalue weighted by Crippen LogP contribution is -2.42. The molecule has 2 aromatic carbocycles. The maximum atomic E-state index is 13.2. The smallest absolute Gasteiger partial charge is 0.224 e. The van der Waals surface area contributed by atoms with E-state index in [1.165, 1.54) is 0 Å². The lowest BCUT2D eigenvalue weighted by atomic mass is 9.94. The van der Waals surface area contributed by atoms with Gasteiger partial charge in [0.05, 0.1) is 25.5 Å². The van der Waals surface area contributed by atoms with Crippen LogP contribution < -0.4 is 14.8 Å². The number of benzene rings is 2. The van der Waals surface area contributed by atoms with Gasteiger partial charge in [-0.2, -0.15) is 0 Å². The molecular formula is C28H33N3O3. The van der Waals surface area contributed by atoms with Gasteiger partial charge in [0.25, 0.3) is 0 Å². The summed E-state index contributed by atoms with van der Waals surface area (Å²) in [6.07, 6.45) is 4.47. The van der Waals surface area contributed by atoms with Crippen molar-refractivity contribution >= 4 is 5.91 Å². The van der Waals surface area contributed by atoms with E-state index in [0.717, 1.165) is 61.7 Å². The van der Waals surface area contributed by atoms with Crippen LogP contribution in [0.3, 0.4) is 0 Å². The molecule has 1 amide bonds. The first-order chi connectivity index (χ1) is 16.7. The Morgan fingerprint density at radius 2 is 1.74 bits per heavy atom. The van der Waals surface area contributed by atoms with E-state index in [2.05, 4.69) is 15.2 Å². The molecule has 178 valence electrons. The standard InChI is InChI=1S/C28H33N3O3/c1-33-24-13-11-22(12-14-24)27(26-10-5-6-17-29-26)30-28(32)23-15-19-31(20-16-23)18-7-21-34-25-8-3-2-4-9-25/h2-6,8-14,17,23,27H,7,15-16,18-21H2,1H3,(H,30,32). The molecule has 6 heteroatoms. The summed E-state index contributed by atoms with van der Waals surface area (Å²) in [4.78, 5) is 20.1. The summed E-state index contributed by atoms with van der Waals surface area (Å²) >= 11 is 0. The molecule has 2 heterocycles. The Bertz CT molecular complexity index is 1000. The first-order valence-corrected chi connectivity index (χ1v) is 12.0. The molecular weight excluding hydrogens is 426 g/mol. The van der Waals surface area contributed by atoms with Crippen LogP contribution in [0.25, 0.3) is 0 Å². The predicted octanol–water partition coefficient (Wildman–Crippen LogP) is 4.48. The van der Waals surface area contributed by atoms with Gasteiger partial charge in [0.2, 0.25) is 5.91 Å². The fourth-order valence-electron chi connectivity index (χ4n) is 4.34. The molecule has 1 atom stereocenters. The zero-order valence-corrected chi connectivity index (χ0v) is 19.7. The fraction of sp³-hybridized carbons (Fsp3) is 0.357. The molecule has 4 rings (SSSR count). The van der Waals surface area contributed by atoms with Crippen LogP contribution in [-0.4, -0.2) is 49.1 Å². The van der Waals surface area contributed by atoms with E-state index in [0.29, 0.717) is 6.61 Å². The number of rotatable bonds is 10. The number of amides is 1. The number of methoxy groups -OCH3 is 1. The largest absolute Gasteiger partial charge is 0.497 e. The Labute approximate surface area is 201 Å². The van der Waals surface area contributed by atoms with Gasteiger partial charge < -0.3 is 19.7 Å². The molecule has 0 radical (unpaired) electrons. The van der Waals surface area contributed by atoms with E-state index in [1.807, 2.05) is 72.8 Å². The number of hydrogen-bond donors (Lipinski definition) is 1. The Balaban J connectivity index is 1.28. The van der Waals surface area contributed by atoms with E-state index in [4.69, 9.17) is 9.47 Å². The minimum Gasteiger partial charge on any atom is -0.497 e. The van der Waals surface area contributed by atoms with Crippen molar-refractivity contribution in [3.63, 3.8) is 0 Å². The summed E-state index contributed by atoms with van der Waals surface area (Å²) in [6, 6.07) is 23.2. The lowest BCUT2D eigenvalue weighted by Gasteiger charge is -2.32. The predicted molar refractivity (Wildman–Crippen MR) is 133 cm³/mol. The minimum atomic E-state index is -0.284. The molecule has 34 heavy (non-hydrogen) atoms. The fourth-order valence-corrected chi connectivity index (χ4v) is 4.34. The highest BCUT2D eigenvalue weighted by atomic mass is 16.5. The maximum Gasteiger partial charge on any atom is 0.224 e. The molecule has 1 N–H and O–H groups in total. The summed E-state index contributed by atoms with van der Waals surface area (Å²) < 4.78 is 11.1. The highest BCUT2D eigenvalue weighted by molar-refractivity contribution is 5.79. The molecule has 3 aromatic rings. The first kappa shape index (κ1) is 23.8. The van der Waals surface area contributed by atoms with Crippen LogP contribution in [0.2, 0.25) is 0 Å². The number of para-hydroxylation sites is 1. The van der Waals surface area contributed by atoms with Crippen molar-refractivity contribution in [2.24, 2.45) is 5.92 Å². The van der Waals surface area contributed by atoms with Crippen molar-refractivity contribution in [1.82, 2.24) is 15.2 Å². The van der Waals surface area contributed by atoms with Crippen molar-refractivity contribution in [2.75, 3.05) is 33.4 Å². The number of likely N-dealkylation sites (tertiary alicyclic amines) is 1. The van der Waals surface area contributed by atoms with Crippen LogP contribution in [0.4, 0.5) is 0 Å². The minimum absolute atomic E-state index is 0.0151. The molecule has 0 saturated carbocycles. The van der Waals surface area contributed by atoms with Gasteiger partial charge >= 0.3 is 0 Å². The van der Waals surface area contributed by atoms with Gasteiger partial charge in [0.1, 0.15) is 11.5 Å². The number of nitrogens with one attached hydrogen (secondary N) is 1. The second-order valence-corrected chi connectivity index (χ2v) is 8.60. The van der Waals surface area contributed by atoms with Gasteiger partial charge in [-0.25, -0.2) is 0 Å². The topological polar surface area (TPSA) is 63.7 Å². The van der Waals surface area contributed by atoms with Gasteiger partial charge in [0.15, 0.2) is 0 Å². The average Bonchev–Trinajstić information content (AvgIpc) is 2.91.